The van der Waals surface area contributed by atoms with Crippen LogP contribution in [0.25, 0.3) is 0 Å². The maximum Gasteiger partial charge on any atom is 0.433 e. The highest BCUT2D eigenvalue weighted by Gasteiger charge is 2.34. The van der Waals surface area contributed by atoms with Crippen LogP contribution >= 0.6 is 0 Å². The Morgan fingerprint density at radius 3 is 2.64 bits per heavy atom. The highest BCUT2D eigenvalue weighted by Crippen LogP contribution is 2.39. The number of amides is 1. The van der Waals surface area contributed by atoms with Crippen LogP contribution in [-0.2, 0) is 6.18 Å². The quantitative estimate of drug-likeness (QED) is 0.853. The largest absolute Gasteiger partial charge is 0.433 e. The Balaban J connectivity index is 1.42. The van der Waals surface area contributed by atoms with E-state index in [9.17, 15) is 18.0 Å². The third-order valence-corrected chi connectivity index (χ3v) is 4.65. The van der Waals surface area contributed by atoms with E-state index in [0.29, 0.717) is 19.0 Å². The molecule has 1 atom stereocenters. The summed E-state index contributed by atoms with van der Waals surface area (Å²) in [5.74, 6) is 0.206. The summed E-state index contributed by atoms with van der Waals surface area (Å²) in [7, 11) is 0. The molecule has 0 bridgehead atoms. The summed E-state index contributed by atoms with van der Waals surface area (Å²) < 4.78 is 39.4. The van der Waals surface area contributed by atoms with Crippen molar-refractivity contribution < 1.29 is 18.0 Å². The molecule has 25 heavy (non-hydrogen) atoms. The molecule has 1 unspecified atom stereocenters. The smallest absolute Gasteiger partial charge is 0.336 e. The van der Waals surface area contributed by atoms with Crippen LogP contribution in [0.5, 0.6) is 0 Å². The number of pyridine rings is 1. The van der Waals surface area contributed by atoms with Gasteiger partial charge in [0.05, 0.1) is 17.3 Å². The van der Waals surface area contributed by atoms with Gasteiger partial charge in [-0.25, -0.2) is 4.68 Å². The van der Waals surface area contributed by atoms with Gasteiger partial charge in [-0.15, -0.1) is 5.10 Å². The Morgan fingerprint density at radius 1 is 1.20 bits per heavy atom. The summed E-state index contributed by atoms with van der Waals surface area (Å²) in [4.78, 5) is 17.4. The minimum Gasteiger partial charge on any atom is -0.336 e. The summed E-state index contributed by atoms with van der Waals surface area (Å²) in [6, 6.07) is 2.05. The molecule has 3 heterocycles. The van der Waals surface area contributed by atoms with Crippen LogP contribution in [0.2, 0.25) is 0 Å². The van der Waals surface area contributed by atoms with Gasteiger partial charge in [0.2, 0.25) is 0 Å². The molecule has 2 aromatic heterocycles. The monoisotopic (exact) mass is 351 g/mol. The summed E-state index contributed by atoms with van der Waals surface area (Å²) in [5, 5.41) is 8.33. The van der Waals surface area contributed by atoms with Crippen LogP contribution < -0.4 is 0 Å². The topological polar surface area (TPSA) is 63.9 Å². The van der Waals surface area contributed by atoms with E-state index in [0.717, 1.165) is 37.2 Å². The first-order valence-electron chi connectivity index (χ1n) is 8.16. The highest BCUT2D eigenvalue weighted by molar-refractivity contribution is 5.94. The van der Waals surface area contributed by atoms with Crippen LogP contribution in [0, 0.1) is 0 Å². The fourth-order valence-electron chi connectivity index (χ4n) is 3.05. The first-order valence-corrected chi connectivity index (χ1v) is 8.16. The summed E-state index contributed by atoms with van der Waals surface area (Å²) in [6.45, 7) is 0.996. The van der Waals surface area contributed by atoms with Gasteiger partial charge in [0.1, 0.15) is 5.69 Å². The fourth-order valence-corrected chi connectivity index (χ4v) is 3.05. The maximum atomic E-state index is 12.6. The Bertz CT molecular complexity index is 782. The predicted octanol–water partition coefficient (Wildman–Crippen LogP) is 2.66. The van der Waals surface area contributed by atoms with Crippen molar-refractivity contribution in [3.8, 4) is 0 Å². The van der Waals surface area contributed by atoms with Gasteiger partial charge >= 0.3 is 6.18 Å². The first kappa shape index (κ1) is 16.0. The number of likely N-dealkylation sites (tertiary alicyclic amines) is 1. The van der Waals surface area contributed by atoms with Gasteiger partial charge in [-0.1, -0.05) is 5.21 Å². The van der Waals surface area contributed by atoms with E-state index in [1.165, 1.54) is 6.07 Å². The molecule has 132 valence electrons. The molecule has 0 N–H and O–H groups in total. The summed E-state index contributed by atoms with van der Waals surface area (Å²) in [6.07, 6.45) is 1.46. The molecule has 9 heteroatoms. The highest BCUT2D eigenvalue weighted by atomic mass is 19.4. The SMILES string of the molecule is O=C(c1ccc(C(F)(F)F)nc1)N1CCC(n2cc(C3CC3)nn2)C1. The average molecular weight is 351 g/mol. The summed E-state index contributed by atoms with van der Waals surface area (Å²) in [5.41, 5.74) is 0.154. The lowest BCUT2D eigenvalue weighted by Crippen LogP contribution is -2.29. The van der Waals surface area contributed by atoms with Crippen molar-refractivity contribution in [2.45, 2.75) is 37.4 Å². The van der Waals surface area contributed by atoms with Crippen molar-refractivity contribution in [2.24, 2.45) is 0 Å². The molecular weight excluding hydrogens is 335 g/mol. The van der Waals surface area contributed by atoms with E-state index >= 15 is 0 Å². The van der Waals surface area contributed by atoms with Gasteiger partial charge in [0.25, 0.3) is 5.91 Å². The summed E-state index contributed by atoms with van der Waals surface area (Å²) >= 11 is 0. The lowest BCUT2D eigenvalue weighted by Gasteiger charge is -2.16. The molecule has 1 aliphatic carbocycles. The van der Waals surface area contributed by atoms with Gasteiger partial charge in [-0.3, -0.25) is 9.78 Å². The lowest BCUT2D eigenvalue weighted by molar-refractivity contribution is -0.141. The van der Waals surface area contributed by atoms with Gasteiger partial charge in [-0.05, 0) is 31.4 Å². The molecule has 1 saturated carbocycles. The number of rotatable bonds is 3. The average Bonchev–Trinajstić information content (AvgIpc) is 3.12. The van der Waals surface area contributed by atoms with Crippen LogP contribution in [0.1, 0.15) is 53.0 Å². The molecule has 2 aromatic rings. The molecule has 1 saturated heterocycles. The van der Waals surface area contributed by atoms with E-state index in [1.807, 2.05) is 6.20 Å². The third kappa shape index (κ3) is 3.22. The van der Waals surface area contributed by atoms with Gasteiger partial charge in [0, 0.05) is 31.4 Å². The van der Waals surface area contributed by atoms with Crippen LogP contribution in [-0.4, -0.2) is 43.9 Å². The second kappa shape index (κ2) is 5.82. The Kier molecular flexibility index (Phi) is 3.73. The van der Waals surface area contributed by atoms with E-state index < -0.39 is 11.9 Å². The molecule has 1 aliphatic heterocycles. The van der Waals surface area contributed by atoms with Crippen molar-refractivity contribution in [3.63, 3.8) is 0 Å². The maximum absolute atomic E-state index is 12.6. The number of hydrogen-bond acceptors (Lipinski definition) is 4. The van der Waals surface area contributed by atoms with Crippen molar-refractivity contribution in [2.75, 3.05) is 13.1 Å². The normalized spacial score (nSPS) is 20.9. The molecule has 6 nitrogen and oxygen atoms in total. The molecule has 2 fully saturated rings. The predicted molar refractivity (Wildman–Crippen MR) is 80.8 cm³/mol. The molecule has 1 amide bonds. The van der Waals surface area contributed by atoms with Crippen molar-refractivity contribution in [3.05, 3.63) is 41.5 Å². The fraction of sp³-hybridized carbons (Fsp3) is 0.500. The second-order valence-electron chi connectivity index (χ2n) is 6.52. The number of carbonyl (C=O) groups is 1. The number of aromatic nitrogens is 4. The second-order valence-corrected chi connectivity index (χ2v) is 6.52. The number of carbonyl (C=O) groups excluding carboxylic acids is 1. The minimum atomic E-state index is -4.51. The van der Waals surface area contributed by atoms with Crippen molar-refractivity contribution in [1.29, 1.82) is 0 Å². The van der Waals surface area contributed by atoms with E-state index in [4.69, 9.17) is 0 Å². The Morgan fingerprint density at radius 2 is 2.00 bits per heavy atom. The number of hydrogen-bond donors (Lipinski definition) is 0. The Labute approximate surface area is 141 Å². The molecule has 0 radical (unpaired) electrons. The van der Waals surface area contributed by atoms with E-state index in [-0.39, 0.29) is 17.5 Å². The van der Waals surface area contributed by atoms with E-state index in [2.05, 4.69) is 15.3 Å². The zero-order valence-electron chi connectivity index (χ0n) is 13.3. The van der Waals surface area contributed by atoms with Crippen LogP contribution in [0.15, 0.2) is 24.5 Å². The lowest BCUT2D eigenvalue weighted by atomic mass is 10.2. The molecule has 0 spiro atoms. The zero-order valence-corrected chi connectivity index (χ0v) is 13.3. The van der Waals surface area contributed by atoms with Gasteiger partial charge in [0.15, 0.2) is 0 Å². The van der Waals surface area contributed by atoms with Crippen LogP contribution in [0.3, 0.4) is 0 Å². The molecule has 2 aliphatic rings. The van der Waals surface area contributed by atoms with Gasteiger partial charge < -0.3 is 4.90 Å². The van der Waals surface area contributed by atoms with E-state index in [1.54, 1.807) is 9.58 Å². The third-order valence-electron chi connectivity index (χ3n) is 4.65. The standard InChI is InChI=1S/C16H16F3N5O/c17-16(18,19)14-4-3-11(7-20-14)15(25)23-6-5-12(8-23)24-9-13(21-22-24)10-1-2-10/h3-4,7,9-10,12H,1-2,5-6,8H2. The molecule has 0 aromatic carbocycles. The molecular formula is C16H16F3N5O. The molecule has 4 rings (SSSR count). The first-order chi connectivity index (χ1) is 11.9. The van der Waals surface area contributed by atoms with Gasteiger partial charge in [-0.2, -0.15) is 13.2 Å². The van der Waals surface area contributed by atoms with Crippen molar-refractivity contribution in [1.82, 2.24) is 24.9 Å². The number of nitrogens with zero attached hydrogens (tertiary/aromatic N) is 5. The number of alkyl halides is 3. The van der Waals surface area contributed by atoms with Crippen LogP contribution in [0.4, 0.5) is 13.2 Å². The van der Waals surface area contributed by atoms with Crippen molar-refractivity contribution >= 4 is 5.91 Å². The minimum absolute atomic E-state index is 0.0476. The zero-order chi connectivity index (χ0) is 17.6. The Hall–Kier alpha value is -2.45. The number of halogens is 3.